The fourth-order valence-corrected chi connectivity index (χ4v) is 13.9. The molecule has 0 rings (SSSR count). The Balaban J connectivity index is 5.59. The van der Waals surface area contributed by atoms with E-state index in [1.54, 1.807) is 0 Å². The Labute approximate surface area is 457 Å². The maximum atomic E-state index is 13.6. The standard InChI is InChI=1S/4C16H30O2.Sn/c4*1-2-3-4-5-6-7-8-9-10-11-12-13-14-15-16(17)18;/h4*7-8H,2-6,9-15H2,1H3,(H,17,18);/q;;;;+4/p-4/b4*8-7-;. The summed E-state index contributed by atoms with van der Waals surface area (Å²) in [5.74, 6) is -2.57. The van der Waals surface area contributed by atoms with Crippen LogP contribution in [0.2, 0.25) is 0 Å². The second-order valence-corrected chi connectivity index (χ2v) is 26.1. The predicted octanol–water partition coefficient (Wildman–Crippen LogP) is 20.6. The summed E-state index contributed by atoms with van der Waals surface area (Å²) in [5, 5.41) is 0. The van der Waals surface area contributed by atoms with Crippen molar-refractivity contribution in [3.8, 4) is 0 Å². The topological polar surface area (TPSA) is 105 Å². The minimum absolute atomic E-state index is 0.0686. The average Bonchev–Trinajstić information content (AvgIpc) is 3.37. The molecule has 0 fully saturated rings. The maximum absolute atomic E-state index is 13.6. The molecule has 0 saturated carbocycles. The Kier molecular flexibility index (Phi) is 55.5. The fraction of sp³-hybridized carbons (Fsp3) is 0.812. The summed E-state index contributed by atoms with van der Waals surface area (Å²) in [6.07, 6.45) is 66.5. The molecule has 0 atom stereocenters. The van der Waals surface area contributed by atoms with Crippen molar-refractivity contribution in [3.05, 3.63) is 48.6 Å². The van der Waals surface area contributed by atoms with Crippen LogP contribution < -0.4 is 0 Å². The monoisotopic (exact) mass is 1130 g/mol. The Morgan fingerprint density at radius 3 is 0.562 bits per heavy atom. The van der Waals surface area contributed by atoms with Crippen LogP contribution >= 0.6 is 0 Å². The van der Waals surface area contributed by atoms with Crippen LogP contribution in [0.1, 0.15) is 336 Å². The minimum Gasteiger partial charge on any atom is -0.0654 e. The van der Waals surface area contributed by atoms with Crippen molar-refractivity contribution in [2.24, 2.45) is 0 Å². The van der Waals surface area contributed by atoms with Gasteiger partial charge in [0.2, 0.25) is 0 Å². The van der Waals surface area contributed by atoms with Crippen molar-refractivity contribution in [1.82, 2.24) is 0 Å². The fourth-order valence-electron chi connectivity index (χ4n) is 8.83. The van der Waals surface area contributed by atoms with Gasteiger partial charge in [0.05, 0.1) is 0 Å². The van der Waals surface area contributed by atoms with E-state index in [1.165, 1.54) is 103 Å². The Morgan fingerprint density at radius 1 is 0.233 bits per heavy atom. The van der Waals surface area contributed by atoms with Gasteiger partial charge in [0.25, 0.3) is 0 Å². The van der Waals surface area contributed by atoms with Crippen LogP contribution in [-0.4, -0.2) is 43.9 Å². The van der Waals surface area contributed by atoms with Gasteiger partial charge in [0, 0.05) is 0 Å². The van der Waals surface area contributed by atoms with E-state index in [9.17, 15) is 19.2 Å². The Bertz CT molecular complexity index is 1170. The summed E-state index contributed by atoms with van der Waals surface area (Å²) in [6.45, 7) is 8.95. The smallest absolute Gasteiger partial charge is 0.0654 e. The average molecular weight is 1130 g/mol. The molecule has 0 N–H and O–H groups in total. The molecular weight excluding hydrogens is 1020 g/mol. The molecule has 0 aromatic heterocycles. The van der Waals surface area contributed by atoms with Gasteiger partial charge in [0.15, 0.2) is 0 Å². The van der Waals surface area contributed by atoms with E-state index >= 15 is 0 Å². The third kappa shape index (κ3) is 52.9. The van der Waals surface area contributed by atoms with Crippen LogP contribution in [-0.2, 0) is 31.5 Å². The van der Waals surface area contributed by atoms with Crippen molar-refractivity contribution < 1.29 is 31.5 Å². The van der Waals surface area contributed by atoms with E-state index < -0.39 is 43.9 Å². The number of unbranched alkanes of at least 4 members (excludes halogenated alkanes) is 36. The minimum atomic E-state index is -5.92. The summed E-state index contributed by atoms with van der Waals surface area (Å²) in [6, 6.07) is 0. The third-order valence-corrected chi connectivity index (χ3v) is 19.0. The van der Waals surface area contributed by atoms with E-state index in [4.69, 9.17) is 12.3 Å². The first-order chi connectivity index (χ1) is 35.8. The third-order valence-electron chi connectivity index (χ3n) is 13.5. The molecule has 0 heterocycles. The van der Waals surface area contributed by atoms with Gasteiger partial charge in [-0.15, -0.1) is 0 Å². The van der Waals surface area contributed by atoms with E-state index in [0.717, 1.165) is 154 Å². The van der Waals surface area contributed by atoms with Crippen molar-refractivity contribution in [2.75, 3.05) is 0 Å². The number of hydrogen-bond acceptors (Lipinski definition) is 8. The number of allylic oxidation sites excluding steroid dienone is 8. The molecule has 424 valence electrons. The first-order valence-electron chi connectivity index (χ1n) is 31.3. The number of carbonyl (C=O) groups excluding carboxylic acids is 4. The molecule has 8 nitrogen and oxygen atoms in total. The van der Waals surface area contributed by atoms with Gasteiger partial charge in [-0.3, -0.25) is 0 Å². The van der Waals surface area contributed by atoms with E-state index in [2.05, 4.69) is 76.3 Å². The van der Waals surface area contributed by atoms with Crippen LogP contribution in [0.3, 0.4) is 0 Å². The summed E-state index contributed by atoms with van der Waals surface area (Å²) in [4.78, 5) is 54.4. The van der Waals surface area contributed by atoms with Crippen LogP contribution in [0, 0.1) is 0 Å². The number of rotatable bonds is 56. The van der Waals surface area contributed by atoms with Crippen LogP contribution in [0.25, 0.3) is 0 Å². The zero-order valence-corrected chi connectivity index (χ0v) is 51.2. The van der Waals surface area contributed by atoms with Crippen LogP contribution in [0.4, 0.5) is 0 Å². The molecule has 0 aliphatic heterocycles. The molecule has 0 aliphatic carbocycles. The molecule has 0 amide bonds. The molecule has 0 bridgehead atoms. The molecule has 73 heavy (non-hydrogen) atoms. The molecule has 9 heteroatoms. The van der Waals surface area contributed by atoms with Gasteiger partial charge < -0.3 is 0 Å². The molecular formula is C64H116O8Sn. The summed E-state index contributed by atoms with van der Waals surface area (Å²) in [7, 11) is 0. The predicted molar refractivity (Wildman–Crippen MR) is 311 cm³/mol. The molecule has 0 aliphatic rings. The SMILES string of the molecule is CCCCCC/C=C\CCCCCCCC(=O)[O][Sn]([O]C(=O)CCCCCCC/C=C\CCCCCC)([O]C(=O)CCCCCCC/C=C\CCCCCC)[O]C(=O)CCCCCCC/C=C\CCCCCC. The van der Waals surface area contributed by atoms with Gasteiger partial charge >= 0.3 is 329 Å². The first kappa shape index (κ1) is 70.6. The van der Waals surface area contributed by atoms with Crippen LogP contribution in [0.15, 0.2) is 48.6 Å². The Hall–Kier alpha value is -2.36. The summed E-state index contributed by atoms with van der Waals surface area (Å²) >= 11 is -5.92. The molecule has 0 radical (unpaired) electrons. The van der Waals surface area contributed by atoms with Crippen LogP contribution in [0.5, 0.6) is 0 Å². The zero-order chi connectivity index (χ0) is 53.2. The Morgan fingerprint density at radius 2 is 0.384 bits per heavy atom. The van der Waals surface area contributed by atoms with E-state index in [0.29, 0.717) is 25.7 Å². The molecule has 0 aromatic rings. The van der Waals surface area contributed by atoms with E-state index in [1.807, 2.05) is 0 Å². The first-order valence-corrected chi connectivity index (χ1v) is 36.0. The molecule has 0 aromatic carbocycles. The normalized spacial score (nSPS) is 12.0. The molecule has 0 saturated heterocycles. The second-order valence-electron chi connectivity index (χ2n) is 20.9. The van der Waals surface area contributed by atoms with Crippen molar-refractivity contribution in [3.63, 3.8) is 0 Å². The quantitative estimate of drug-likeness (QED) is 0.0337. The molecule has 0 spiro atoms. The van der Waals surface area contributed by atoms with Gasteiger partial charge in [-0.1, -0.05) is 105 Å². The van der Waals surface area contributed by atoms with Gasteiger partial charge in [-0.2, -0.15) is 0 Å². The number of hydrogen-bond donors (Lipinski definition) is 0. The summed E-state index contributed by atoms with van der Waals surface area (Å²) < 4.78 is 23.7. The van der Waals surface area contributed by atoms with Crippen molar-refractivity contribution >= 4 is 43.9 Å². The van der Waals surface area contributed by atoms with E-state index in [-0.39, 0.29) is 25.7 Å². The zero-order valence-electron chi connectivity index (χ0n) is 48.3. The molecule has 0 unspecified atom stereocenters. The van der Waals surface area contributed by atoms with Crippen molar-refractivity contribution in [2.45, 2.75) is 336 Å². The summed E-state index contributed by atoms with van der Waals surface area (Å²) in [5.41, 5.74) is 0. The van der Waals surface area contributed by atoms with Gasteiger partial charge in [-0.05, 0) is 25.7 Å². The van der Waals surface area contributed by atoms with Gasteiger partial charge in [-0.25, -0.2) is 0 Å². The second kappa shape index (κ2) is 57.3. The van der Waals surface area contributed by atoms with Gasteiger partial charge in [0.1, 0.15) is 0 Å². The van der Waals surface area contributed by atoms with Crippen molar-refractivity contribution in [1.29, 1.82) is 0 Å². The number of carbonyl (C=O) groups is 4.